The summed E-state index contributed by atoms with van der Waals surface area (Å²) in [4.78, 5) is 0.0638. The normalized spacial score (nSPS) is 13.4. The van der Waals surface area contributed by atoms with Crippen molar-refractivity contribution in [2.45, 2.75) is 24.3 Å². The van der Waals surface area contributed by atoms with Crippen LogP contribution in [0.15, 0.2) is 29.2 Å². The third-order valence-corrected chi connectivity index (χ3v) is 4.97. The summed E-state index contributed by atoms with van der Waals surface area (Å²) in [6.07, 6.45) is 0.139. The van der Waals surface area contributed by atoms with E-state index in [2.05, 4.69) is 0 Å². The van der Waals surface area contributed by atoms with Crippen LogP contribution in [0.2, 0.25) is 5.02 Å². The van der Waals surface area contributed by atoms with Crippen LogP contribution in [0.25, 0.3) is 0 Å². The minimum absolute atomic E-state index is 0.0638. The van der Waals surface area contributed by atoms with Gasteiger partial charge < -0.3 is 0 Å². The maximum absolute atomic E-state index is 12.2. The van der Waals surface area contributed by atoms with Crippen LogP contribution in [-0.4, -0.2) is 25.8 Å². The smallest absolute Gasteiger partial charge is 0.207 e. The lowest BCUT2D eigenvalue weighted by Crippen LogP contribution is -2.34. The average Bonchev–Trinajstić information content (AvgIpc) is 2.28. The zero-order valence-corrected chi connectivity index (χ0v) is 11.2. The van der Waals surface area contributed by atoms with Gasteiger partial charge in [0.2, 0.25) is 10.0 Å². The van der Waals surface area contributed by atoms with Crippen molar-refractivity contribution in [3.8, 4) is 6.07 Å². The summed E-state index contributed by atoms with van der Waals surface area (Å²) in [7, 11) is -2.20. The molecular weight excluding hydrogens is 260 g/mol. The predicted molar refractivity (Wildman–Crippen MR) is 66.1 cm³/mol. The Morgan fingerprint density at radius 3 is 2.59 bits per heavy atom. The number of halogens is 1. The van der Waals surface area contributed by atoms with E-state index in [4.69, 9.17) is 16.9 Å². The summed E-state index contributed by atoms with van der Waals surface area (Å²) in [5, 5.41) is 8.76. The zero-order chi connectivity index (χ0) is 13.1. The summed E-state index contributed by atoms with van der Waals surface area (Å²) in [6.45, 7) is 1.68. The van der Waals surface area contributed by atoms with Gasteiger partial charge in [-0.1, -0.05) is 23.7 Å². The predicted octanol–water partition coefficient (Wildman–Crippen LogP) is 2.26. The second-order valence-corrected chi connectivity index (χ2v) is 6.04. The molecule has 17 heavy (non-hydrogen) atoms. The van der Waals surface area contributed by atoms with Crippen molar-refractivity contribution in [1.82, 2.24) is 4.31 Å². The highest BCUT2D eigenvalue weighted by molar-refractivity contribution is 7.89. The molecule has 0 aliphatic rings. The largest absolute Gasteiger partial charge is 0.244 e. The molecule has 1 rings (SSSR count). The first kappa shape index (κ1) is 14.0. The standard InChI is InChI=1S/C11H13ClN2O2S/c1-9(7-8-13)14(2)17(15,16)11-6-4-3-5-10(11)12/h3-6,9H,7H2,1-2H3. The maximum Gasteiger partial charge on any atom is 0.244 e. The van der Waals surface area contributed by atoms with Gasteiger partial charge in [-0.15, -0.1) is 0 Å². The number of benzene rings is 1. The molecule has 1 atom stereocenters. The molecule has 0 aromatic heterocycles. The fourth-order valence-corrected chi connectivity index (χ4v) is 3.16. The molecule has 0 fully saturated rings. The lowest BCUT2D eigenvalue weighted by atomic mass is 10.3. The second kappa shape index (κ2) is 5.50. The van der Waals surface area contributed by atoms with Crippen LogP contribution in [0, 0.1) is 11.3 Å². The van der Waals surface area contributed by atoms with Crippen molar-refractivity contribution in [1.29, 1.82) is 5.26 Å². The van der Waals surface area contributed by atoms with Crippen molar-refractivity contribution >= 4 is 21.6 Å². The van der Waals surface area contributed by atoms with Crippen molar-refractivity contribution in [2.75, 3.05) is 7.05 Å². The number of sulfonamides is 1. The van der Waals surface area contributed by atoms with Gasteiger partial charge in [0.25, 0.3) is 0 Å². The highest BCUT2D eigenvalue weighted by Crippen LogP contribution is 2.24. The van der Waals surface area contributed by atoms with Crippen molar-refractivity contribution in [2.24, 2.45) is 0 Å². The Morgan fingerprint density at radius 2 is 2.06 bits per heavy atom. The third-order valence-electron chi connectivity index (χ3n) is 2.50. The summed E-state index contributed by atoms with van der Waals surface area (Å²) in [5.41, 5.74) is 0. The minimum atomic E-state index is -3.64. The molecule has 0 aliphatic heterocycles. The Hall–Kier alpha value is -1.09. The summed E-state index contributed by atoms with van der Waals surface area (Å²) < 4.78 is 25.6. The molecule has 0 heterocycles. The van der Waals surface area contributed by atoms with E-state index < -0.39 is 10.0 Å². The van der Waals surface area contributed by atoms with E-state index in [0.29, 0.717) is 0 Å². The first-order chi connectivity index (χ1) is 7.91. The highest BCUT2D eigenvalue weighted by atomic mass is 35.5. The van der Waals surface area contributed by atoms with Crippen LogP contribution >= 0.6 is 11.6 Å². The zero-order valence-electron chi connectivity index (χ0n) is 9.59. The van der Waals surface area contributed by atoms with Gasteiger partial charge in [-0.2, -0.15) is 9.57 Å². The van der Waals surface area contributed by atoms with E-state index in [9.17, 15) is 8.42 Å². The average molecular weight is 273 g/mol. The summed E-state index contributed by atoms with van der Waals surface area (Å²) in [5.74, 6) is 0. The van der Waals surface area contributed by atoms with Crippen molar-refractivity contribution < 1.29 is 8.42 Å². The number of nitriles is 1. The fraction of sp³-hybridized carbons (Fsp3) is 0.364. The van der Waals surface area contributed by atoms with Gasteiger partial charge in [0.1, 0.15) is 4.90 Å². The lowest BCUT2D eigenvalue weighted by molar-refractivity contribution is 0.393. The summed E-state index contributed by atoms with van der Waals surface area (Å²) >= 11 is 5.86. The van der Waals surface area contributed by atoms with Crippen LogP contribution in [0.4, 0.5) is 0 Å². The molecule has 0 spiro atoms. The molecule has 0 N–H and O–H groups in total. The Labute approximate surface area is 106 Å². The molecular formula is C11H13ClN2O2S. The van der Waals surface area contributed by atoms with Crippen LogP contribution in [-0.2, 0) is 10.0 Å². The summed E-state index contributed by atoms with van der Waals surface area (Å²) in [6, 6.07) is 7.82. The van der Waals surface area contributed by atoms with Gasteiger partial charge in [0.05, 0.1) is 17.5 Å². The van der Waals surface area contributed by atoms with E-state index in [1.54, 1.807) is 19.1 Å². The second-order valence-electron chi connectivity index (χ2n) is 3.66. The Bertz CT molecular complexity index is 537. The van der Waals surface area contributed by atoms with Gasteiger partial charge in [-0.25, -0.2) is 8.42 Å². The molecule has 0 aliphatic carbocycles. The van der Waals surface area contributed by atoms with Gasteiger partial charge in [0.15, 0.2) is 0 Å². The Balaban J connectivity index is 3.13. The van der Waals surface area contributed by atoms with E-state index in [-0.39, 0.29) is 22.4 Å². The van der Waals surface area contributed by atoms with Crippen LogP contribution in [0.1, 0.15) is 13.3 Å². The molecule has 1 aromatic rings. The molecule has 92 valence electrons. The fourth-order valence-electron chi connectivity index (χ4n) is 1.31. The molecule has 0 amide bonds. The van der Waals surface area contributed by atoms with Crippen LogP contribution in [0.5, 0.6) is 0 Å². The molecule has 0 saturated heterocycles. The number of hydrogen-bond acceptors (Lipinski definition) is 3. The molecule has 0 bridgehead atoms. The Kier molecular flexibility index (Phi) is 4.52. The SMILES string of the molecule is CC(CC#N)N(C)S(=O)(=O)c1ccccc1Cl. The van der Waals surface area contributed by atoms with E-state index in [1.165, 1.54) is 19.2 Å². The monoisotopic (exact) mass is 272 g/mol. The first-order valence-corrected chi connectivity index (χ1v) is 6.82. The third kappa shape index (κ3) is 2.97. The number of nitrogens with zero attached hydrogens (tertiary/aromatic N) is 2. The quantitative estimate of drug-likeness (QED) is 0.845. The first-order valence-electron chi connectivity index (χ1n) is 5.00. The van der Waals surface area contributed by atoms with E-state index >= 15 is 0 Å². The van der Waals surface area contributed by atoms with Crippen molar-refractivity contribution in [3.05, 3.63) is 29.3 Å². The Morgan fingerprint density at radius 1 is 1.47 bits per heavy atom. The molecule has 1 aromatic carbocycles. The van der Waals surface area contributed by atoms with Gasteiger partial charge in [-0.3, -0.25) is 0 Å². The molecule has 0 radical (unpaired) electrons. The van der Waals surface area contributed by atoms with Gasteiger partial charge in [0, 0.05) is 13.1 Å². The van der Waals surface area contributed by atoms with Gasteiger partial charge in [-0.05, 0) is 19.1 Å². The van der Waals surface area contributed by atoms with Crippen LogP contribution < -0.4 is 0 Å². The number of rotatable bonds is 4. The maximum atomic E-state index is 12.2. The molecule has 0 saturated carbocycles. The lowest BCUT2D eigenvalue weighted by Gasteiger charge is -2.22. The molecule has 4 nitrogen and oxygen atoms in total. The van der Waals surface area contributed by atoms with E-state index in [1.807, 2.05) is 6.07 Å². The number of hydrogen-bond donors (Lipinski definition) is 0. The minimum Gasteiger partial charge on any atom is -0.207 e. The molecule has 1 unspecified atom stereocenters. The topological polar surface area (TPSA) is 61.2 Å². The van der Waals surface area contributed by atoms with E-state index in [0.717, 1.165) is 4.31 Å². The van der Waals surface area contributed by atoms with Crippen molar-refractivity contribution in [3.63, 3.8) is 0 Å². The highest BCUT2D eigenvalue weighted by Gasteiger charge is 2.26. The van der Waals surface area contributed by atoms with Gasteiger partial charge >= 0.3 is 0 Å². The van der Waals surface area contributed by atoms with Crippen LogP contribution in [0.3, 0.4) is 0 Å². The molecule has 6 heteroatoms.